The third-order valence-electron chi connectivity index (χ3n) is 3.33. The quantitative estimate of drug-likeness (QED) is 0.876. The Balaban J connectivity index is 2.36. The van der Waals surface area contributed by atoms with E-state index in [1.54, 1.807) is 7.05 Å². The third kappa shape index (κ3) is 2.84. The number of aryl methyl sites for hydroxylation is 1. The molecule has 2 rings (SSSR count). The molecule has 1 heterocycles. The molecule has 1 unspecified atom stereocenters. The predicted octanol–water partition coefficient (Wildman–Crippen LogP) is 1.05. The van der Waals surface area contributed by atoms with Gasteiger partial charge in [0.05, 0.1) is 11.1 Å². The SMILES string of the molecule is Cn1c(=O)cc(OCC(O)C(C)(C)O)c2ccccc21. The molecule has 108 valence electrons. The molecule has 0 amide bonds. The summed E-state index contributed by atoms with van der Waals surface area (Å²) in [6.45, 7) is 2.92. The summed E-state index contributed by atoms with van der Waals surface area (Å²) in [6, 6.07) is 8.76. The molecular weight excluding hydrogens is 258 g/mol. The van der Waals surface area contributed by atoms with Gasteiger partial charge in [-0.15, -0.1) is 0 Å². The van der Waals surface area contributed by atoms with Gasteiger partial charge in [-0.05, 0) is 26.0 Å². The van der Waals surface area contributed by atoms with Crippen molar-refractivity contribution in [2.24, 2.45) is 7.05 Å². The van der Waals surface area contributed by atoms with E-state index in [9.17, 15) is 15.0 Å². The lowest BCUT2D eigenvalue weighted by molar-refractivity contribution is -0.0659. The zero-order valence-corrected chi connectivity index (χ0v) is 11.8. The van der Waals surface area contributed by atoms with Crippen molar-refractivity contribution >= 4 is 10.9 Å². The normalized spacial score (nSPS) is 13.4. The Bertz CT molecular complexity index is 670. The largest absolute Gasteiger partial charge is 0.490 e. The van der Waals surface area contributed by atoms with Gasteiger partial charge in [-0.2, -0.15) is 0 Å². The Labute approximate surface area is 117 Å². The lowest BCUT2D eigenvalue weighted by Gasteiger charge is -2.24. The number of para-hydroxylation sites is 1. The van der Waals surface area contributed by atoms with E-state index in [0.29, 0.717) is 5.75 Å². The summed E-state index contributed by atoms with van der Waals surface area (Å²) in [5.41, 5.74) is -0.681. The smallest absolute Gasteiger partial charge is 0.254 e. The van der Waals surface area contributed by atoms with Crippen LogP contribution in [0.2, 0.25) is 0 Å². The van der Waals surface area contributed by atoms with E-state index in [1.165, 1.54) is 24.5 Å². The van der Waals surface area contributed by atoms with Crippen LogP contribution in [0.5, 0.6) is 5.75 Å². The van der Waals surface area contributed by atoms with E-state index < -0.39 is 11.7 Å². The van der Waals surface area contributed by atoms with Crippen molar-refractivity contribution < 1.29 is 14.9 Å². The number of hydrogen-bond donors (Lipinski definition) is 2. The van der Waals surface area contributed by atoms with Gasteiger partial charge in [0, 0.05) is 18.5 Å². The Hall–Kier alpha value is -1.85. The summed E-state index contributed by atoms with van der Waals surface area (Å²) in [7, 11) is 1.69. The number of aromatic nitrogens is 1. The van der Waals surface area contributed by atoms with Crippen LogP contribution in [0.3, 0.4) is 0 Å². The van der Waals surface area contributed by atoms with Crippen LogP contribution >= 0.6 is 0 Å². The van der Waals surface area contributed by atoms with Gasteiger partial charge >= 0.3 is 0 Å². The molecule has 1 atom stereocenters. The summed E-state index contributed by atoms with van der Waals surface area (Å²) in [5, 5.41) is 20.3. The van der Waals surface area contributed by atoms with Crippen LogP contribution in [-0.2, 0) is 7.05 Å². The number of pyridine rings is 1. The van der Waals surface area contributed by atoms with Crippen molar-refractivity contribution in [3.8, 4) is 5.75 Å². The molecule has 0 aliphatic rings. The molecule has 0 bridgehead atoms. The van der Waals surface area contributed by atoms with Crippen molar-refractivity contribution in [1.29, 1.82) is 0 Å². The summed E-state index contributed by atoms with van der Waals surface area (Å²) < 4.78 is 7.06. The molecule has 20 heavy (non-hydrogen) atoms. The summed E-state index contributed by atoms with van der Waals surface area (Å²) >= 11 is 0. The van der Waals surface area contributed by atoms with E-state index >= 15 is 0 Å². The van der Waals surface area contributed by atoms with Crippen LogP contribution in [0.4, 0.5) is 0 Å². The van der Waals surface area contributed by atoms with E-state index in [-0.39, 0.29) is 12.2 Å². The van der Waals surface area contributed by atoms with Crippen molar-refractivity contribution in [2.45, 2.75) is 25.6 Å². The Morgan fingerprint density at radius 2 is 2.00 bits per heavy atom. The summed E-state index contributed by atoms with van der Waals surface area (Å²) in [4.78, 5) is 11.9. The van der Waals surface area contributed by atoms with E-state index in [0.717, 1.165) is 10.9 Å². The molecule has 0 saturated heterocycles. The molecule has 1 aromatic heterocycles. The van der Waals surface area contributed by atoms with Crippen LogP contribution in [0, 0.1) is 0 Å². The van der Waals surface area contributed by atoms with Crippen LogP contribution in [0.25, 0.3) is 10.9 Å². The number of aliphatic hydroxyl groups excluding tert-OH is 1. The topological polar surface area (TPSA) is 71.7 Å². The second-order valence-corrected chi connectivity index (χ2v) is 5.40. The zero-order chi connectivity index (χ0) is 14.9. The maximum Gasteiger partial charge on any atom is 0.254 e. The fourth-order valence-electron chi connectivity index (χ4n) is 1.87. The minimum absolute atomic E-state index is 0.0827. The molecule has 5 nitrogen and oxygen atoms in total. The first kappa shape index (κ1) is 14.6. The van der Waals surface area contributed by atoms with Crippen molar-refractivity contribution in [3.63, 3.8) is 0 Å². The first-order valence-electron chi connectivity index (χ1n) is 6.42. The molecule has 0 aliphatic heterocycles. The Kier molecular flexibility index (Phi) is 3.83. The minimum atomic E-state index is -1.25. The highest BCUT2D eigenvalue weighted by atomic mass is 16.5. The lowest BCUT2D eigenvalue weighted by atomic mass is 10.0. The second-order valence-electron chi connectivity index (χ2n) is 5.40. The van der Waals surface area contributed by atoms with Gasteiger partial charge in [0.25, 0.3) is 5.56 Å². The van der Waals surface area contributed by atoms with Crippen LogP contribution < -0.4 is 10.3 Å². The summed E-state index contributed by atoms with van der Waals surface area (Å²) in [5.74, 6) is 0.409. The number of aliphatic hydroxyl groups is 2. The molecule has 0 spiro atoms. The van der Waals surface area contributed by atoms with E-state index in [2.05, 4.69) is 0 Å². The van der Waals surface area contributed by atoms with Crippen molar-refractivity contribution in [2.75, 3.05) is 6.61 Å². The van der Waals surface area contributed by atoms with Crippen LogP contribution in [0.1, 0.15) is 13.8 Å². The van der Waals surface area contributed by atoms with Gasteiger partial charge in [0.1, 0.15) is 18.5 Å². The van der Waals surface area contributed by atoms with Crippen molar-refractivity contribution in [1.82, 2.24) is 4.57 Å². The maximum absolute atomic E-state index is 11.9. The van der Waals surface area contributed by atoms with Gasteiger partial charge in [-0.3, -0.25) is 4.79 Å². The molecule has 0 radical (unpaired) electrons. The first-order chi connectivity index (χ1) is 9.30. The summed E-state index contributed by atoms with van der Waals surface area (Å²) in [6.07, 6.45) is -1.04. The maximum atomic E-state index is 11.9. The molecule has 5 heteroatoms. The number of nitrogens with zero attached hydrogens (tertiary/aromatic N) is 1. The Morgan fingerprint density at radius 3 is 2.65 bits per heavy atom. The van der Waals surface area contributed by atoms with E-state index in [1.807, 2.05) is 24.3 Å². The average Bonchev–Trinajstić information content (AvgIpc) is 2.40. The van der Waals surface area contributed by atoms with Gasteiger partial charge in [0.2, 0.25) is 0 Å². The molecule has 1 aromatic carbocycles. The van der Waals surface area contributed by atoms with E-state index in [4.69, 9.17) is 4.74 Å². The number of ether oxygens (including phenoxy) is 1. The zero-order valence-electron chi connectivity index (χ0n) is 11.8. The van der Waals surface area contributed by atoms with Gasteiger partial charge in [-0.1, -0.05) is 12.1 Å². The standard InChI is InChI=1S/C15H19NO4/c1-15(2,19)13(17)9-20-12-8-14(18)16(3)11-7-5-4-6-10(11)12/h4-8,13,17,19H,9H2,1-3H3. The fraction of sp³-hybridized carbons (Fsp3) is 0.400. The first-order valence-corrected chi connectivity index (χ1v) is 6.42. The molecule has 0 fully saturated rings. The number of benzene rings is 1. The van der Waals surface area contributed by atoms with Gasteiger partial charge in [0.15, 0.2) is 0 Å². The number of fused-ring (bicyclic) bond motifs is 1. The third-order valence-corrected chi connectivity index (χ3v) is 3.33. The van der Waals surface area contributed by atoms with Crippen LogP contribution in [0.15, 0.2) is 35.1 Å². The molecule has 2 N–H and O–H groups in total. The van der Waals surface area contributed by atoms with Crippen LogP contribution in [-0.4, -0.2) is 33.1 Å². The molecule has 2 aromatic rings. The highest BCUT2D eigenvalue weighted by Crippen LogP contribution is 2.23. The fourth-order valence-corrected chi connectivity index (χ4v) is 1.87. The monoisotopic (exact) mass is 277 g/mol. The van der Waals surface area contributed by atoms with Gasteiger partial charge < -0.3 is 19.5 Å². The molecule has 0 aliphatic carbocycles. The highest BCUT2D eigenvalue weighted by molar-refractivity contribution is 5.85. The molecule has 0 saturated carbocycles. The Morgan fingerprint density at radius 1 is 1.35 bits per heavy atom. The molecular formula is C15H19NO4. The minimum Gasteiger partial charge on any atom is -0.490 e. The predicted molar refractivity (Wildman–Crippen MR) is 77.0 cm³/mol. The average molecular weight is 277 g/mol. The highest BCUT2D eigenvalue weighted by Gasteiger charge is 2.25. The lowest BCUT2D eigenvalue weighted by Crippen LogP contribution is -2.40. The number of hydrogen-bond acceptors (Lipinski definition) is 4. The van der Waals surface area contributed by atoms with Gasteiger partial charge in [-0.25, -0.2) is 0 Å². The second kappa shape index (κ2) is 5.26. The number of rotatable bonds is 4. The van der Waals surface area contributed by atoms with Crippen molar-refractivity contribution in [3.05, 3.63) is 40.7 Å².